The molecule has 0 aliphatic heterocycles. The Bertz CT molecular complexity index is 2150. The molecule has 8 aliphatic rings. The van der Waals surface area contributed by atoms with Gasteiger partial charge in [0.05, 0.1) is 12.2 Å². The summed E-state index contributed by atoms with van der Waals surface area (Å²) in [6, 6.07) is 0. The average molecular weight is 897 g/mol. The van der Waals surface area contributed by atoms with Gasteiger partial charge in [-0.25, -0.2) is 8.78 Å². The Morgan fingerprint density at radius 3 is 1.62 bits per heavy atom. The number of rotatable bonds is 8. The van der Waals surface area contributed by atoms with Crippen LogP contribution in [0.25, 0.3) is 0 Å². The minimum atomic E-state index is -2.05. The Morgan fingerprint density at radius 1 is 0.703 bits per heavy atom. The molecule has 8 rings (SSSR count). The van der Waals surface area contributed by atoms with Gasteiger partial charge in [0.15, 0.2) is 40.9 Å². The van der Waals surface area contributed by atoms with Crippen molar-refractivity contribution in [2.45, 2.75) is 154 Å². The van der Waals surface area contributed by atoms with Gasteiger partial charge < -0.3 is 29.9 Å². The van der Waals surface area contributed by atoms with Crippen LogP contribution < -0.4 is 0 Å². The average Bonchev–Trinajstić information content (AvgIpc) is 3.59. The Labute approximate surface area is 374 Å². The summed E-state index contributed by atoms with van der Waals surface area (Å²) in [5, 5.41) is 43.5. The van der Waals surface area contributed by atoms with E-state index in [1.165, 1.54) is 24.3 Å². The molecule has 0 heterocycles. The van der Waals surface area contributed by atoms with E-state index in [2.05, 4.69) is 0 Å². The molecule has 0 aromatic rings. The number of carbonyl (C=O) groups is 6. The lowest BCUT2D eigenvalue weighted by molar-refractivity contribution is -0.228. The van der Waals surface area contributed by atoms with Gasteiger partial charge in [-0.3, -0.25) is 28.8 Å². The summed E-state index contributed by atoms with van der Waals surface area (Å²) in [4.78, 5) is 74.7. The molecule has 0 aromatic carbocycles. The zero-order valence-electron chi connectivity index (χ0n) is 38.4. The molecule has 0 unspecified atom stereocenters. The predicted octanol–water partition coefficient (Wildman–Crippen LogP) is 5.71. The maximum Gasteiger partial charge on any atom is 0.306 e. The van der Waals surface area contributed by atoms with E-state index in [4.69, 9.17) is 9.47 Å². The number of halogens is 2. The molecular formula is C50H66F2O12. The monoisotopic (exact) mass is 896 g/mol. The van der Waals surface area contributed by atoms with Crippen LogP contribution in [0.2, 0.25) is 0 Å². The van der Waals surface area contributed by atoms with Crippen molar-refractivity contribution in [1.82, 2.24) is 0 Å². The molecular weight excluding hydrogens is 831 g/mol. The number of ether oxygens (including phenoxy) is 2. The molecule has 8 aliphatic carbocycles. The number of esters is 2. The van der Waals surface area contributed by atoms with Crippen LogP contribution in [0.3, 0.4) is 0 Å². The zero-order valence-corrected chi connectivity index (χ0v) is 38.4. The molecule has 6 saturated carbocycles. The molecule has 0 saturated heterocycles. The van der Waals surface area contributed by atoms with Crippen LogP contribution in [0.4, 0.5) is 8.78 Å². The maximum absolute atomic E-state index is 17.4. The molecule has 6 fully saturated rings. The van der Waals surface area contributed by atoms with Gasteiger partial charge in [-0.1, -0.05) is 64.8 Å². The van der Waals surface area contributed by atoms with Gasteiger partial charge in [0.2, 0.25) is 5.78 Å². The second kappa shape index (κ2) is 16.0. The molecule has 352 valence electrons. The first kappa shape index (κ1) is 48.2. The first-order valence-electron chi connectivity index (χ1n) is 23.2. The summed E-state index contributed by atoms with van der Waals surface area (Å²) in [6.07, 6.45) is 8.76. The summed E-state index contributed by atoms with van der Waals surface area (Å²) < 4.78 is 45.4. The topological polar surface area (TPSA) is 202 Å². The minimum absolute atomic E-state index is 0.0430. The van der Waals surface area contributed by atoms with E-state index in [1.54, 1.807) is 60.6 Å². The molecule has 0 aromatic heterocycles. The van der Waals surface area contributed by atoms with Gasteiger partial charge in [-0.2, -0.15) is 0 Å². The third kappa shape index (κ3) is 6.15. The van der Waals surface area contributed by atoms with Crippen LogP contribution >= 0.6 is 0 Å². The molecule has 12 nitrogen and oxygen atoms in total. The van der Waals surface area contributed by atoms with E-state index in [9.17, 15) is 49.2 Å². The summed E-state index contributed by atoms with van der Waals surface area (Å²) in [5.41, 5.74) is -10.4. The zero-order chi connectivity index (χ0) is 47.4. The van der Waals surface area contributed by atoms with E-state index < -0.39 is 117 Å². The molecule has 64 heavy (non-hydrogen) atoms. The van der Waals surface area contributed by atoms with Gasteiger partial charge in [0, 0.05) is 52.3 Å². The third-order valence-corrected chi connectivity index (χ3v) is 18.6. The highest BCUT2D eigenvalue weighted by molar-refractivity contribution is 6.02. The molecule has 4 N–H and O–H groups in total. The number of alkyl halides is 2. The van der Waals surface area contributed by atoms with Crippen LogP contribution in [-0.2, 0) is 38.2 Å². The number of ketones is 4. The molecule has 16 atom stereocenters. The fraction of sp³-hybridized carbons (Fsp3) is 0.720. The van der Waals surface area contributed by atoms with E-state index in [-0.39, 0.29) is 49.1 Å². The van der Waals surface area contributed by atoms with Crippen molar-refractivity contribution in [2.75, 3.05) is 13.2 Å². The van der Waals surface area contributed by atoms with Gasteiger partial charge in [0.25, 0.3) is 0 Å². The normalized spacial score (nSPS) is 47.2. The molecule has 0 amide bonds. The fourth-order valence-electron chi connectivity index (χ4n) is 15.3. The lowest BCUT2D eigenvalue weighted by Crippen LogP contribution is -2.70. The Morgan fingerprint density at radius 2 is 1.16 bits per heavy atom. The van der Waals surface area contributed by atoms with Gasteiger partial charge in [0.1, 0.15) is 12.2 Å². The highest BCUT2D eigenvalue weighted by Crippen LogP contribution is 2.73. The predicted molar refractivity (Wildman–Crippen MR) is 228 cm³/mol. The number of fused-ring (bicyclic) bond motifs is 10. The van der Waals surface area contributed by atoms with E-state index in [0.717, 1.165) is 0 Å². The number of aliphatic hydroxyl groups is 4. The highest BCUT2D eigenvalue weighted by atomic mass is 19.1. The number of aliphatic hydroxyl groups excluding tert-OH is 3. The van der Waals surface area contributed by atoms with Crippen molar-refractivity contribution in [3.8, 4) is 0 Å². The lowest BCUT2D eigenvalue weighted by Gasteiger charge is -2.62. The molecule has 0 radical (unpaired) electrons. The lowest BCUT2D eigenvalue weighted by atomic mass is 9.44. The molecule has 0 spiro atoms. The summed E-state index contributed by atoms with van der Waals surface area (Å²) in [7, 11) is 0. The van der Waals surface area contributed by atoms with Gasteiger partial charge >= 0.3 is 11.9 Å². The van der Waals surface area contributed by atoms with E-state index in [1.807, 2.05) is 6.92 Å². The number of Topliss-reactive ketones (excluding diaryl/α,β-unsaturated/α-hetero) is 2. The Kier molecular flexibility index (Phi) is 12.0. The SMILES string of the molecule is CCC(=O)OCC(=O)[C@@]1(OC(=O)CC)[C@@H](C)C[C@H]2[C@@H]3CCC4=CC(=O)C=C[C@]4(C)[C@@]3(F)[C@@H](O)C[C@@]21C.C[C@H]1C[C@H]2[C@@H]3CCC4=CC(=O)C=C[C@]4(C)[C@@]3(F)[C@@H](O)C[C@]2(C)[C@@]1(O)C(=O)CO. The van der Waals surface area contributed by atoms with Crippen LogP contribution in [0.5, 0.6) is 0 Å². The van der Waals surface area contributed by atoms with Crippen molar-refractivity contribution >= 4 is 35.1 Å². The van der Waals surface area contributed by atoms with Crippen molar-refractivity contribution in [3.05, 3.63) is 47.6 Å². The minimum Gasteiger partial charge on any atom is -0.457 e. The van der Waals surface area contributed by atoms with Crippen LogP contribution in [0.15, 0.2) is 47.6 Å². The largest absolute Gasteiger partial charge is 0.457 e. The highest BCUT2D eigenvalue weighted by Gasteiger charge is 2.78. The quantitative estimate of drug-likeness (QED) is 0.217. The number of hydrogen-bond donors (Lipinski definition) is 4. The molecule has 0 bridgehead atoms. The van der Waals surface area contributed by atoms with E-state index >= 15 is 8.78 Å². The van der Waals surface area contributed by atoms with Gasteiger partial charge in [-0.15, -0.1) is 0 Å². The smallest absolute Gasteiger partial charge is 0.306 e. The van der Waals surface area contributed by atoms with E-state index in [0.29, 0.717) is 49.7 Å². The summed E-state index contributed by atoms with van der Waals surface area (Å²) >= 11 is 0. The van der Waals surface area contributed by atoms with Gasteiger partial charge in [-0.05, 0) is 107 Å². The molecule has 14 heteroatoms. The van der Waals surface area contributed by atoms with Crippen molar-refractivity contribution in [2.24, 2.45) is 57.2 Å². The second-order valence-corrected chi connectivity index (χ2v) is 21.2. The van der Waals surface area contributed by atoms with Crippen molar-refractivity contribution < 1.29 is 67.4 Å². The number of carbonyl (C=O) groups excluding carboxylic acids is 6. The summed E-state index contributed by atoms with van der Waals surface area (Å²) in [5.74, 6) is -5.43. The van der Waals surface area contributed by atoms with Crippen LogP contribution in [0.1, 0.15) is 120 Å². The first-order valence-corrected chi connectivity index (χ1v) is 23.2. The second-order valence-electron chi connectivity index (χ2n) is 21.2. The van der Waals surface area contributed by atoms with Crippen molar-refractivity contribution in [1.29, 1.82) is 0 Å². The maximum atomic E-state index is 17.4. The number of hydrogen-bond acceptors (Lipinski definition) is 12. The Balaban J connectivity index is 0.000000197. The third-order valence-electron chi connectivity index (χ3n) is 18.6. The van der Waals surface area contributed by atoms with Crippen LogP contribution in [0, 0.1) is 57.2 Å². The van der Waals surface area contributed by atoms with Crippen molar-refractivity contribution in [3.63, 3.8) is 0 Å². The van der Waals surface area contributed by atoms with Crippen LogP contribution in [-0.4, -0.2) is 103 Å². The Hall–Kier alpha value is -3.72. The fourth-order valence-corrected chi connectivity index (χ4v) is 15.3. The number of allylic oxidation sites excluding steroid dienone is 8. The standard InChI is InChI=1S/C28H37FO7.C22H29FO5/c1-6-23(33)35-15-22(32)28(36-24(34)7-2)16(3)12-20-19-9-8-17-13-18(30)10-11-25(17,4)27(19,29)21(31)14-26(20,28)5;1-12-8-16-15-5-4-13-9-14(25)6-7-19(13,2)21(15,23)17(26)10-20(16,3)22(12,28)18(27)11-24/h10-11,13,16,19-21,31H,6-9,12,14-15H2,1-5H3;6-7,9,12,15-17,24,26,28H,4-5,8,10-11H2,1-3H3/t16-,19-,20-,21-,25-,26-,27-,28-;12-,15-,16-,17-,19-,20-,21-,22-/m00/s1. The summed E-state index contributed by atoms with van der Waals surface area (Å²) in [6.45, 7) is 12.5. The first-order chi connectivity index (χ1) is 29.8.